The third-order valence-electron chi connectivity index (χ3n) is 6.10. The molecule has 0 saturated carbocycles. The zero-order valence-electron chi connectivity index (χ0n) is 19.6. The van der Waals surface area contributed by atoms with Crippen LogP contribution in [0.2, 0.25) is 5.02 Å². The Kier molecular flexibility index (Phi) is 7.88. The molecule has 1 fully saturated rings. The maximum atomic E-state index is 13.2. The Bertz CT molecular complexity index is 1200. The third-order valence-corrected chi connectivity index (χ3v) is 6.36. The second-order valence-corrected chi connectivity index (χ2v) is 8.94. The summed E-state index contributed by atoms with van der Waals surface area (Å²) in [6, 6.07) is 23.0. The Morgan fingerprint density at radius 2 is 1.66 bits per heavy atom. The number of hydrogen-bond donors (Lipinski definition) is 1. The fraction of sp³-hybridized carbons (Fsp3) is 0.241. The topological polar surface area (TPSA) is 66.8 Å². The number of carbonyl (C=O) groups is 2. The molecule has 5 nitrogen and oxygen atoms in total. The van der Waals surface area contributed by atoms with E-state index < -0.39 is 17.7 Å². The molecule has 4 rings (SSSR count). The Morgan fingerprint density at radius 3 is 2.31 bits per heavy atom. The van der Waals surface area contributed by atoms with Gasteiger partial charge in [-0.05, 0) is 60.4 Å². The average molecular weight is 490 g/mol. The zero-order chi connectivity index (χ0) is 24.8. The molecule has 0 aliphatic carbocycles. The molecule has 1 atom stereocenters. The summed E-state index contributed by atoms with van der Waals surface area (Å²) in [7, 11) is 0. The summed E-state index contributed by atoms with van der Waals surface area (Å²) >= 11 is 6.00. The zero-order valence-corrected chi connectivity index (χ0v) is 20.4. The van der Waals surface area contributed by atoms with Crippen LogP contribution in [0.25, 0.3) is 5.76 Å². The van der Waals surface area contributed by atoms with Crippen LogP contribution in [-0.4, -0.2) is 34.8 Å². The Morgan fingerprint density at radius 1 is 0.971 bits per heavy atom. The highest BCUT2D eigenvalue weighted by Crippen LogP contribution is 2.40. The lowest BCUT2D eigenvalue weighted by atomic mass is 9.95. The molecule has 1 saturated heterocycles. The highest BCUT2D eigenvalue weighted by Gasteiger charge is 2.45. The van der Waals surface area contributed by atoms with Crippen LogP contribution < -0.4 is 4.74 Å². The van der Waals surface area contributed by atoms with Gasteiger partial charge in [0.2, 0.25) is 0 Å². The van der Waals surface area contributed by atoms with E-state index in [-0.39, 0.29) is 11.3 Å². The number of ketones is 1. The summed E-state index contributed by atoms with van der Waals surface area (Å²) < 4.78 is 5.77. The first-order valence-electron chi connectivity index (χ1n) is 11.8. The van der Waals surface area contributed by atoms with E-state index in [1.165, 1.54) is 0 Å². The molecule has 0 radical (unpaired) electrons. The van der Waals surface area contributed by atoms with Crippen molar-refractivity contribution >= 4 is 29.1 Å². The molecular formula is C29H28ClNO4. The van der Waals surface area contributed by atoms with E-state index in [2.05, 4.69) is 6.92 Å². The van der Waals surface area contributed by atoms with E-state index in [1.807, 2.05) is 54.6 Å². The summed E-state index contributed by atoms with van der Waals surface area (Å²) in [6.07, 6.45) is 2.59. The number of nitrogens with zero attached hydrogens (tertiary/aromatic N) is 1. The molecule has 0 bridgehead atoms. The van der Waals surface area contributed by atoms with Crippen LogP contribution in [0, 0.1) is 0 Å². The summed E-state index contributed by atoms with van der Waals surface area (Å²) in [5.74, 6) is -0.805. The normalized spacial score (nSPS) is 17.1. The smallest absolute Gasteiger partial charge is 0.295 e. The van der Waals surface area contributed by atoms with Crippen molar-refractivity contribution in [1.82, 2.24) is 4.90 Å². The fourth-order valence-electron chi connectivity index (χ4n) is 4.20. The van der Waals surface area contributed by atoms with Crippen LogP contribution in [0.4, 0.5) is 0 Å². The van der Waals surface area contributed by atoms with E-state index in [1.54, 1.807) is 29.2 Å². The van der Waals surface area contributed by atoms with Crippen LogP contribution in [-0.2, 0) is 16.0 Å². The van der Waals surface area contributed by atoms with Crippen molar-refractivity contribution in [2.45, 2.75) is 32.2 Å². The number of aliphatic hydroxyl groups is 1. The summed E-state index contributed by atoms with van der Waals surface area (Å²) in [6.45, 7) is 3.07. The second-order valence-electron chi connectivity index (χ2n) is 8.51. The number of likely N-dealkylation sites (tertiary alicyclic amines) is 1. The molecule has 1 amide bonds. The van der Waals surface area contributed by atoms with Crippen LogP contribution in [0.15, 0.2) is 84.4 Å². The van der Waals surface area contributed by atoms with Gasteiger partial charge < -0.3 is 14.7 Å². The lowest BCUT2D eigenvalue weighted by Gasteiger charge is -2.25. The van der Waals surface area contributed by atoms with Crippen LogP contribution in [0.5, 0.6) is 5.75 Å². The van der Waals surface area contributed by atoms with E-state index in [9.17, 15) is 14.7 Å². The van der Waals surface area contributed by atoms with Gasteiger partial charge in [0.1, 0.15) is 11.5 Å². The lowest BCUT2D eigenvalue weighted by Crippen LogP contribution is -2.31. The maximum absolute atomic E-state index is 13.2. The number of aliphatic hydroxyl groups excluding tert-OH is 1. The highest BCUT2D eigenvalue weighted by molar-refractivity contribution is 6.46. The quantitative estimate of drug-likeness (QED) is 0.168. The van der Waals surface area contributed by atoms with Crippen molar-refractivity contribution in [1.29, 1.82) is 0 Å². The molecule has 3 aromatic rings. The number of benzene rings is 3. The summed E-state index contributed by atoms with van der Waals surface area (Å²) in [4.78, 5) is 27.9. The van der Waals surface area contributed by atoms with Crippen LogP contribution in [0.1, 0.15) is 42.5 Å². The number of unbranched alkanes of at least 4 members (excludes halogenated alkanes) is 1. The second kappa shape index (κ2) is 11.2. The molecule has 1 aliphatic rings. The van der Waals surface area contributed by atoms with Gasteiger partial charge in [-0.25, -0.2) is 0 Å². The fourth-order valence-corrected chi connectivity index (χ4v) is 4.32. The number of Topliss-reactive ketones (excluding diaryl/α,β-unsaturated/α-hetero) is 1. The molecule has 6 heteroatoms. The van der Waals surface area contributed by atoms with Gasteiger partial charge in [0.15, 0.2) is 0 Å². The molecule has 0 aromatic heterocycles. The number of hydrogen-bond acceptors (Lipinski definition) is 4. The highest BCUT2D eigenvalue weighted by atomic mass is 35.5. The standard InChI is InChI=1S/C29H28ClNO4/c1-2-3-19-35-24-15-11-21(12-16-24)26-25(27(32)22-9-13-23(30)14-10-22)28(33)29(34)31(26)18-17-20-7-5-4-6-8-20/h4-16,26,32H,2-3,17-19H2,1H3. The molecule has 35 heavy (non-hydrogen) atoms. The molecular weight excluding hydrogens is 462 g/mol. The molecule has 1 N–H and O–H groups in total. The monoisotopic (exact) mass is 489 g/mol. The molecule has 1 unspecified atom stereocenters. The van der Waals surface area contributed by atoms with Gasteiger partial charge in [-0.3, -0.25) is 9.59 Å². The summed E-state index contributed by atoms with van der Waals surface area (Å²) in [5.41, 5.74) is 2.30. The van der Waals surface area contributed by atoms with Crippen molar-refractivity contribution in [3.05, 3.63) is 106 Å². The van der Waals surface area contributed by atoms with E-state index in [0.29, 0.717) is 30.2 Å². The summed E-state index contributed by atoms with van der Waals surface area (Å²) in [5, 5.41) is 11.7. The Balaban J connectivity index is 1.71. The first-order valence-corrected chi connectivity index (χ1v) is 12.2. The molecule has 0 spiro atoms. The first kappa shape index (κ1) is 24.6. The lowest BCUT2D eigenvalue weighted by molar-refractivity contribution is -0.139. The molecule has 1 aliphatic heterocycles. The molecule has 3 aromatic carbocycles. The van der Waals surface area contributed by atoms with Crippen molar-refractivity contribution < 1.29 is 19.4 Å². The van der Waals surface area contributed by atoms with Gasteiger partial charge in [0.05, 0.1) is 18.2 Å². The van der Waals surface area contributed by atoms with Gasteiger partial charge in [-0.2, -0.15) is 0 Å². The predicted octanol–water partition coefficient (Wildman–Crippen LogP) is 6.18. The number of amides is 1. The largest absolute Gasteiger partial charge is 0.507 e. The minimum atomic E-state index is -0.709. The third kappa shape index (κ3) is 5.57. The van der Waals surface area contributed by atoms with Crippen LogP contribution >= 0.6 is 11.6 Å². The van der Waals surface area contributed by atoms with Gasteiger partial charge in [-0.15, -0.1) is 0 Å². The number of ether oxygens (including phenoxy) is 1. The van der Waals surface area contributed by atoms with Crippen molar-refractivity contribution in [3.63, 3.8) is 0 Å². The van der Waals surface area contributed by atoms with Crippen LogP contribution in [0.3, 0.4) is 0 Å². The van der Waals surface area contributed by atoms with E-state index in [0.717, 1.165) is 29.7 Å². The Labute approximate surface area is 210 Å². The van der Waals surface area contributed by atoms with E-state index in [4.69, 9.17) is 16.3 Å². The van der Waals surface area contributed by atoms with Gasteiger partial charge in [0.25, 0.3) is 11.7 Å². The Hall–Kier alpha value is -3.57. The van der Waals surface area contributed by atoms with Gasteiger partial charge >= 0.3 is 0 Å². The van der Waals surface area contributed by atoms with Crippen molar-refractivity contribution in [2.75, 3.05) is 13.2 Å². The number of rotatable bonds is 9. The first-order chi connectivity index (χ1) is 17.0. The molecule has 1 heterocycles. The minimum absolute atomic E-state index is 0.0741. The van der Waals surface area contributed by atoms with Gasteiger partial charge in [-0.1, -0.05) is 67.4 Å². The van der Waals surface area contributed by atoms with Crippen molar-refractivity contribution in [3.8, 4) is 5.75 Å². The minimum Gasteiger partial charge on any atom is -0.507 e. The number of carbonyl (C=O) groups excluding carboxylic acids is 2. The molecule has 180 valence electrons. The predicted molar refractivity (Wildman–Crippen MR) is 137 cm³/mol. The SMILES string of the molecule is CCCCOc1ccc(C2C(=C(O)c3ccc(Cl)cc3)C(=O)C(=O)N2CCc2ccccc2)cc1. The van der Waals surface area contributed by atoms with E-state index >= 15 is 0 Å². The maximum Gasteiger partial charge on any atom is 0.295 e. The number of halogens is 1. The van der Waals surface area contributed by atoms with Crippen molar-refractivity contribution in [2.24, 2.45) is 0 Å². The van der Waals surface area contributed by atoms with Gasteiger partial charge in [0, 0.05) is 17.1 Å². The average Bonchev–Trinajstić information content (AvgIpc) is 3.13.